The van der Waals surface area contributed by atoms with Crippen molar-refractivity contribution < 1.29 is 0 Å². The van der Waals surface area contributed by atoms with Crippen LogP contribution in [0.25, 0.3) is 11.2 Å². The molecule has 2 aromatic heterocycles. The van der Waals surface area contributed by atoms with E-state index in [1.807, 2.05) is 6.92 Å². The lowest BCUT2D eigenvalue weighted by atomic mass is 10.0. The maximum absolute atomic E-state index is 4.57. The molecule has 0 amide bonds. The van der Waals surface area contributed by atoms with Crippen LogP contribution in [-0.4, -0.2) is 32.0 Å². The average Bonchev–Trinajstić information content (AvgIpc) is 2.98. The van der Waals surface area contributed by atoms with Gasteiger partial charge in [-0.15, -0.1) is 0 Å². The number of nitrogens with one attached hydrogen (secondary N) is 3. The Morgan fingerprint density at radius 2 is 2.11 bits per heavy atom. The zero-order chi connectivity index (χ0) is 13.3. The Morgan fingerprint density at radius 3 is 2.84 bits per heavy atom. The zero-order valence-corrected chi connectivity index (χ0v) is 11.5. The summed E-state index contributed by atoms with van der Waals surface area (Å²) >= 11 is 0. The summed E-state index contributed by atoms with van der Waals surface area (Å²) in [6.07, 6.45) is 6.59. The molecule has 2 heterocycles. The van der Waals surface area contributed by atoms with E-state index in [2.05, 4.69) is 37.5 Å². The summed E-state index contributed by atoms with van der Waals surface area (Å²) in [6, 6.07) is 0. The van der Waals surface area contributed by atoms with Gasteiger partial charge >= 0.3 is 0 Å². The number of hydrogen-bond donors (Lipinski definition) is 3. The third-order valence-corrected chi connectivity index (χ3v) is 3.75. The van der Waals surface area contributed by atoms with Gasteiger partial charge in [0.05, 0.1) is 6.33 Å². The van der Waals surface area contributed by atoms with Crippen molar-refractivity contribution in [1.82, 2.24) is 19.9 Å². The lowest BCUT2D eigenvalue weighted by Gasteiger charge is -2.26. The van der Waals surface area contributed by atoms with Gasteiger partial charge in [0.2, 0.25) is 5.95 Å². The molecule has 102 valence electrons. The quantitative estimate of drug-likeness (QED) is 0.787. The fourth-order valence-corrected chi connectivity index (χ4v) is 2.73. The Labute approximate surface area is 112 Å². The Balaban J connectivity index is 1.98. The van der Waals surface area contributed by atoms with Crippen molar-refractivity contribution in [1.29, 1.82) is 0 Å². The van der Waals surface area contributed by atoms with Crippen molar-refractivity contribution >= 4 is 22.9 Å². The number of aromatic nitrogens is 4. The first kappa shape index (κ1) is 12.2. The number of nitrogens with zero attached hydrogens (tertiary/aromatic N) is 3. The van der Waals surface area contributed by atoms with Crippen molar-refractivity contribution in [3.05, 3.63) is 6.33 Å². The van der Waals surface area contributed by atoms with Gasteiger partial charge in [0.25, 0.3) is 0 Å². The summed E-state index contributed by atoms with van der Waals surface area (Å²) in [7, 11) is 0. The summed E-state index contributed by atoms with van der Waals surface area (Å²) in [5.74, 6) is 1.48. The van der Waals surface area contributed by atoms with Crippen LogP contribution in [0.5, 0.6) is 0 Å². The van der Waals surface area contributed by atoms with Gasteiger partial charge in [-0.25, -0.2) is 4.98 Å². The zero-order valence-electron chi connectivity index (χ0n) is 11.5. The van der Waals surface area contributed by atoms with Gasteiger partial charge in [0, 0.05) is 12.1 Å². The second-order valence-corrected chi connectivity index (χ2v) is 5.42. The van der Waals surface area contributed by atoms with Gasteiger partial charge in [-0.05, 0) is 26.7 Å². The number of fused-ring (bicyclic) bond motifs is 1. The summed E-state index contributed by atoms with van der Waals surface area (Å²) in [5, 5.41) is 6.73. The molecule has 2 aromatic rings. The first-order chi connectivity index (χ1) is 9.20. The van der Waals surface area contributed by atoms with Crippen molar-refractivity contribution in [2.24, 2.45) is 0 Å². The summed E-state index contributed by atoms with van der Waals surface area (Å²) in [5.41, 5.74) is 1.72. The molecule has 0 bridgehead atoms. The Bertz CT molecular complexity index is 570. The number of H-pyrrole nitrogens is 1. The minimum Gasteiger partial charge on any atom is -0.363 e. The highest BCUT2D eigenvalue weighted by Gasteiger charge is 2.29. The van der Waals surface area contributed by atoms with E-state index in [1.54, 1.807) is 6.33 Å². The maximum atomic E-state index is 4.57. The van der Waals surface area contributed by atoms with E-state index >= 15 is 0 Å². The van der Waals surface area contributed by atoms with Crippen molar-refractivity contribution in [2.45, 2.75) is 45.1 Å². The molecule has 0 aromatic carbocycles. The Hall–Kier alpha value is -1.85. The number of imidazole rings is 1. The topological polar surface area (TPSA) is 78.5 Å². The summed E-state index contributed by atoms with van der Waals surface area (Å²) in [6.45, 7) is 5.09. The van der Waals surface area contributed by atoms with E-state index in [9.17, 15) is 0 Å². The van der Waals surface area contributed by atoms with Gasteiger partial charge in [-0.3, -0.25) is 0 Å². The molecule has 1 saturated carbocycles. The van der Waals surface area contributed by atoms with E-state index in [0.717, 1.165) is 17.9 Å². The molecule has 1 aliphatic rings. The Morgan fingerprint density at radius 1 is 1.32 bits per heavy atom. The average molecular weight is 260 g/mol. The molecule has 0 spiro atoms. The maximum Gasteiger partial charge on any atom is 0.226 e. The van der Waals surface area contributed by atoms with Gasteiger partial charge in [0.1, 0.15) is 5.52 Å². The fraction of sp³-hybridized carbons (Fsp3) is 0.615. The van der Waals surface area contributed by atoms with Crippen LogP contribution < -0.4 is 10.6 Å². The molecule has 6 nitrogen and oxygen atoms in total. The molecule has 3 N–H and O–H groups in total. The third-order valence-electron chi connectivity index (χ3n) is 3.75. The second-order valence-electron chi connectivity index (χ2n) is 5.42. The first-order valence-electron chi connectivity index (χ1n) is 6.93. The number of aromatic amines is 1. The first-order valence-corrected chi connectivity index (χ1v) is 6.93. The van der Waals surface area contributed by atoms with Gasteiger partial charge in [-0.2, -0.15) is 9.97 Å². The SMILES string of the molecule is CCNc1nc(NC2(C)CCCC2)c2[nH]cnc2n1. The number of hydrogen-bond acceptors (Lipinski definition) is 5. The predicted octanol–water partition coefficient (Wildman–Crippen LogP) is 2.53. The molecular weight excluding hydrogens is 240 g/mol. The predicted molar refractivity (Wildman–Crippen MR) is 76.3 cm³/mol. The summed E-state index contributed by atoms with van der Waals surface area (Å²) in [4.78, 5) is 16.3. The van der Waals surface area contributed by atoms with Crippen LogP contribution in [0.1, 0.15) is 39.5 Å². The van der Waals surface area contributed by atoms with E-state index < -0.39 is 0 Å². The highest BCUT2D eigenvalue weighted by molar-refractivity contribution is 5.84. The molecule has 1 fully saturated rings. The molecule has 3 rings (SSSR count). The minimum atomic E-state index is 0.135. The third kappa shape index (κ3) is 2.34. The van der Waals surface area contributed by atoms with Crippen molar-refractivity contribution in [2.75, 3.05) is 17.2 Å². The lowest BCUT2D eigenvalue weighted by Crippen LogP contribution is -2.31. The monoisotopic (exact) mass is 260 g/mol. The normalized spacial score (nSPS) is 17.8. The van der Waals surface area contributed by atoms with E-state index in [-0.39, 0.29) is 5.54 Å². The van der Waals surface area contributed by atoms with Gasteiger partial charge in [-0.1, -0.05) is 12.8 Å². The molecule has 0 aliphatic heterocycles. The van der Waals surface area contributed by atoms with Crippen LogP contribution in [0.15, 0.2) is 6.33 Å². The summed E-state index contributed by atoms with van der Waals surface area (Å²) < 4.78 is 0. The van der Waals surface area contributed by atoms with E-state index in [0.29, 0.717) is 11.6 Å². The largest absolute Gasteiger partial charge is 0.363 e. The number of anilines is 2. The smallest absolute Gasteiger partial charge is 0.226 e. The van der Waals surface area contributed by atoms with E-state index in [1.165, 1.54) is 25.7 Å². The molecule has 19 heavy (non-hydrogen) atoms. The molecule has 0 radical (unpaired) electrons. The standard InChI is InChI=1S/C13H20N6/c1-3-14-12-17-10-9(15-8-16-10)11(18-12)19-13(2)6-4-5-7-13/h8H,3-7H2,1-2H3,(H3,14,15,16,17,18,19). The molecular formula is C13H20N6. The van der Waals surface area contributed by atoms with Crippen LogP contribution in [-0.2, 0) is 0 Å². The van der Waals surface area contributed by atoms with Gasteiger partial charge < -0.3 is 15.6 Å². The van der Waals surface area contributed by atoms with Gasteiger partial charge in [0.15, 0.2) is 11.5 Å². The molecule has 6 heteroatoms. The number of rotatable bonds is 4. The van der Waals surface area contributed by atoms with Crippen molar-refractivity contribution in [3.8, 4) is 0 Å². The highest BCUT2D eigenvalue weighted by Crippen LogP contribution is 2.33. The van der Waals surface area contributed by atoms with E-state index in [4.69, 9.17) is 0 Å². The molecule has 0 unspecified atom stereocenters. The molecule has 1 aliphatic carbocycles. The van der Waals surface area contributed by atoms with Crippen LogP contribution in [0, 0.1) is 0 Å². The fourth-order valence-electron chi connectivity index (χ4n) is 2.73. The Kier molecular flexibility index (Phi) is 3.00. The lowest BCUT2D eigenvalue weighted by molar-refractivity contribution is 0.531. The van der Waals surface area contributed by atoms with Crippen LogP contribution >= 0.6 is 0 Å². The van der Waals surface area contributed by atoms with Crippen LogP contribution in [0.3, 0.4) is 0 Å². The van der Waals surface area contributed by atoms with Crippen LogP contribution in [0.4, 0.5) is 11.8 Å². The van der Waals surface area contributed by atoms with Crippen molar-refractivity contribution in [3.63, 3.8) is 0 Å². The molecule has 0 atom stereocenters. The highest BCUT2D eigenvalue weighted by atomic mass is 15.2. The van der Waals surface area contributed by atoms with Crippen LogP contribution in [0.2, 0.25) is 0 Å². The second kappa shape index (κ2) is 4.68. The minimum absolute atomic E-state index is 0.135. The molecule has 0 saturated heterocycles.